The van der Waals surface area contributed by atoms with Gasteiger partial charge in [0.1, 0.15) is 5.01 Å². The fourth-order valence-electron chi connectivity index (χ4n) is 1.90. The van der Waals surface area contributed by atoms with Gasteiger partial charge in [-0.3, -0.25) is 5.10 Å². The Bertz CT molecular complexity index is 701. The Kier molecular flexibility index (Phi) is 4.33. The Morgan fingerprint density at radius 1 is 1.35 bits per heavy atom. The highest BCUT2D eigenvalue weighted by molar-refractivity contribution is 7.21. The summed E-state index contributed by atoms with van der Waals surface area (Å²) in [5.74, 6) is 0.467. The molecule has 0 amide bonds. The van der Waals surface area contributed by atoms with E-state index in [1.807, 2.05) is 25.1 Å². The standard InChI is InChI=1S/C12H12N4OS.CH4O/c1-6-10(11(13)16-15-6)12-14-8-4-7(5-17)2-3-9(8)18-12;1-2/h2-4,17H,5H2,1H3,(H3,13,15,16);2H,1H3. The minimum Gasteiger partial charge on any atom is -0.400 e. The summed E-state index contributed by atoms with van der Waals surface area (Å²) in [6.45, 7) is 1.94. The van der Waals surface area contributed by atoms with Crippen molar-refractivity contribution in [1.29, 1.82) is 0 Å². The number of aliphatic hydroxyl groups is 2. The molecule has 0 aliphatic heterocycles. The van der Waals surface area contributed by atoms with Crippen molar-refractivity contribution in [1.82, 2.24) is 15.2 Å². The molecule has 0 saturated carbocycles. The zero-order valence-corrected chi connectivity index (χ0v) is 12.0. The molecule has 1 aromatic carbocycles. The van der Waals surface area contributed by atoms with Gasteiger partial charge in [-0.2, -0.15) is 5.10 Å². The summed E-state index contributed by atoms with van der Waals surface area (Å²) in [5, 5.41) is 23.8. The third-order valence-corrected chi connectivity index (χ3v) is 3.88. The van der Waals surface area contributed by atoms with Crippen LogP contribution in [0, 0.1) is 6.92 Å². The number of aryl methyl sites for hydroxylation is 1. The number of hydrogen-bond donors (Lipinski definition) is 4. The van der Waals surface area contributed by atoms with Crippen molar-refractivity contribution in [2.75, 3.05) is 12.8 Å². The summed E-state index contributed by atoms with van der Waals surface area (Å²) in [4.78, 5) is 4.55. The van der Waals surface area contributed by atoms with Gasteiger partial charge in [0.15, 0.2) is 5.82 Å². The normalized spacial score (nSPS) is 10.4. The molecule has 0 aliphatic carbocycles. The lowest BCUT2D eigenvalue weighted by molar-refractivity contribution is 0.282. The number of fused-ring (bicyclic) bond motifs is 1. The van der Waals surface area contributed by atoms with E-state index in [-0.39, 0.29) is 6.61 Å². The monoisotopic (exact) mass is 292 g/mol. The Hall–Kier alpha value is -1.96. The molecule has 0 bridgehead atoms. The van der Waals surface area contributed by atoms with Crippen molar-refractivity contribution >= 4 is 27.4 Å². The Morgan fingerprint density at radius 3 is 2.70 bits per heavy atom. The molecule has 0 radical (unpaired) electrons. The van der Waals surface area contributed by atoms with Crippen molar-refractivity contribution in [3.63, 3.8) is 0 Å². The van der Waals surface area contributed by atoms with Crippen LogP contribution in [0.15, 0.2) is 18.2 Å². The first-order valence-corrected chi connectivity index (χ1v) is 6.76. The molecule has 2 heterocycles. The summed E-state index contributed by atoms with van der Waals surface area (Å²) in [6, 6.07) is 5.75. The van der Waals surface area contributed by atoms with Crippen LogP contribution in [0.3, 0.4) is 0 Å². The molecule has 0 unspecified atom stereocenters. The summed E-state index contributed by atoms with van der Waals surface area (Å²) < 4.78 is 1.07. The van der Waals surface area contributed by atoms with Gasteiger partial charge in [0.05, 0.1) is 22.4 Å². The van der Waals surface area contributed by atoms with Crippen LogP contribution in [-0.2, 0) is 6.61 Å². The second-order valence-corrected chi connectivity index (χ2v) is 5.12. The molecule has 0 saturated heterocycles. The van der Waals surface area contributed by atoms with E-state index >= 15 is 0 Å². The predicted octanol–water partition coefficient (Wildman–Crippen LogP) is 1.68. The molecule has 0 spiro atoms. The SMILES string of the molecule is CO.Cc1[nH]nc(N)c1-c1nc2cc(CO)ccc2s1. The lowest BCUT2D eigenvalue weighted by Gasteiger charge is -1.93. The maximum Gasteiger partial charge on any atom is 0.155 e. The fraction of sp³-hybridized carbons (Fsp3) is 0.231. The number of nitrogen functional groups attached to an aromatic ring is 1. The minimum absolute atomic E-state index is 0.0235. The number of rotatable bonds is 2. The average molecular weight is 292 g/mol. The van der Waals surface area contributed by atoms with E-state index in [4.69, 9.17) is 15.9 Å². The number of hydrogen-bond acceptors (Lipinski definition) is 6. The Labute approximate surface area is 119 Å². The third kappa shape index (κ3) is 2.51. The van der Waals surface area contributed by atoms with Crippen LogP contribution in [0.5, 0.6) is 0 Å². The van der Waals surface area contributed by atoms with Crippen LogP contribution in [0.1, 0.15) is 11.3 Å². The number of aliphatic hydroxyl groups excluding tert-OH is 2. The molecule has 106 valence electrons. The first-order valence-electron chi connectivity index (χ1n) is 5.95. The van der Waals surface area contributed by atoms with E-state index in [0.717, 1.165) is 39.2 Å². The van der Waals surface area contributed by atoms with Crippen LogP contribution in [-0.4, -0.2) is 32.5 Å². The molecule has 3 rings (SSSR count). The molecular weight excluding hydrogens is 276 g/mol. The lowest BCUT2D eigenvalue weighted by Crippen LogP contribution is -1.87. The number of thiazole rings is 1. The zero-order chi connectivity index (χ0) is 14.7. The number of nitrogens with one attached hydrogen (secondary N) is 1. The number of nitrogens with two attached hydrogens (primary N) is 1. The number of benzene rings is 1. The first-order chi connectivity index (χ1) is 9.69. The van der Waals surface area contributed by atoms with Crippen molar-refractivity contribution < 1.29 is 10.2 Å². The fourth-order valence-corrected chi connectivity index (χ4v) is 2.95. The molecule has 0 aliphatic rings. The van der Waals surface area contributed by atoms with Crippen LogP contribution in [0.25, 0.3) is 20.8 Å². The molecule has 20 heavy (non-hydrogen) atoms. The summed E-state index contributed by atoms with van der Waals surface area (Å²) in [6.07, 6.45) is 0. The first kappa shape index (κ1) is 14.4. The van der Waals surface area contributed by atoms with Gasteiger partial charge in [-0.05, 0) is 24.6 Å². The maximum atomic E-state index is 9.12. The van der Waals surface area contributed by atoms with E-state index in [1.54, 1.807) is 11.3 Å². The van der Waals surface area contributed by atoms with Gasteiger partial charge in [0.25, 0.3) is 0 Å². The van der Waals surface area contributed by atoms with E-state index in [9.17, 15) is 0 Å². The van der Waals surface area contributed by atoms with Gasteiger partial charge < -0.3 is 15.9 Å². The van der Waals surface area contributed by atoms with Gasteiger partial charge in [-0.25, -0.2) is 4.98 Å². The van der Waals surface area contributed by atoms with E-state index in [0.29, 0.717) is 5.82 Å². The Morgan fingerprint density at radius 2 is 2.10 bits per heavy atom. The second kappa shape index (κ2) is 6.00. The van der Waals surface area contributed by atoms with Crippen LogP contribution in [0.2, 0.25) is 0 Å². The molecule has 3 aromatic rings. The maximum absolute atomic E-state index is 9.12. The molecule has 0 fully saturated rings. The van der Waals surface area contributed by atoms with Crippen molar-refractivity contribution in [3.8, 4) is 10.6 Å². The number of aromatic nitrogens is 3. The van der Waals surface area contributed by atoms with Gasteiger partial charge >= 0.3 is 0 Å². The topological polar surface area (TPSA) is 108 Å². The van der Waals surface area contributed by atoms with Crippen molar-refractivity contribution in [2.24, 2.45) is 0 Å². The summed E-state index contributed by atoms with van der Waals surface area (Å²) in [5.41, 5.74) is 9.34. The second-order valence-electron chi connectivity index (χ2n) is 4.09. The Balaban J connectivity index is 0.000000704. The largest absolute Gasteiger partial charge is 0.400 e. The van der Waals surface area contributed by atoms with Crippen molar-refractivity contribution in [2.45, 2.75) is 13.5 Å². The molecule has 7 heteroatoms. The van der Waals surface area contributed by atoms with Crippen LogP contribution in [0.4, 0.5) is 5.82 Å². The van der Waals surface area contributed by atoms with Crippen LogP contribution < -0.4 is 5.73 Å². The van der Waals surface area contributed by atoms with Gasteiger partial charge in [0.2, 0.25) is 0 Å². The highest BCUT2D eigenvalue weighted by atomic mass is 32.1. The van der Waals surface area contributed by atoms with Crippen molar-refractivity contribution in [3.05, 3.63) is 29.5 Å². The molecule has 2 aromatic heterocycles. The predicted molar refractivity (Wildman–Crippen MR) is 80.4 cm³/mol. The average Bonchev–Trinajstić information content (AvgIpc) is 3.03. The summed E-state index contributed by atoms with van der Waals surface area (Å²) in [7, 11) is 1.00. The lowest BCUT2D eigenvalue weighted by atomic mass is 10.2. The van der Waals surface area contributed by atoms with E-state index < -0.39 is 0 Å². The smallest absolute Gasteiger partial charge is 0.155 e. The number of H-pyrrole nitrogens is 1. The minimum atomic E-state index is 0.0235. The summed E-state index contributed by atoms with van der Waals surface area (Å²) >= 11 is 1.57. The van der Waals surface area contributed by atoms with Crippen LogP contribution >= 0.6 is 11.3 Å². The molecular formula is C13H16N4O2S. The molecule has 5 N–H and O–H groups in total. The molecule has 6 nitrogen and oxygen atoms in total. The highest BCUT2D eigenvalue weighted by Gasteiger charge is 2.14. The van der Waals surface area contributed by atoms with E-state index in [2.05, 4.69) is 15.2 Å². The molecule has 0 atom stereocenters. The quantitative estimate of drug-likeness (QED) is 0.574. The van der Waals surface area contributed by atoms with Gasteiger partial charge in [-0.15, -0.1) is 11.3 Å². The van der Waals surface area contributed by atoms with E-state index in [1.165, 1.54) is 0 Å². The van der Waals surface area contributed by atoms with Gasteiger partial charge in [-0.1, -0.05) is 6.07 Å². The third-order valence-electron chi connectivity index (χ3n) is 2.82. The zero-order valence-electron chi connectivity index (χ0n) is 11.2. The highest BCUT2D eigenvalue weighted by Crippen LogP contribution is 2.34. The number of aromatic amines is 1. The number of nitrogens with zero attached hydrogens (tertiary/aromatic N) is 2. The van der Waals surface area contributed by atoms with Gasteiger partial charge in [0, 0.05) is 12.8 Å². The number of anilines is 1.